The van der Waals surface area contributed by atoms with Gasteiger partial charge in [-0.1, -0.05) is 23.8 Å². The van der Waals surface area contributed by atoms with Crippen molar-refractivity contribution in [1.29, 1.82) is 0 Å². The van der Waals surface area contributed by atoms with Gasteiger partial charge in [0.15, 0.2) is 5.96 Å². The molecule has 0 amide bonds. The molecule has 6 nitrogen and oxygen atoms in total. The van der Waals surface area contributed by atoms with Crippen LogP contribution in [0.1, 0.15) is 12.5 Å². The summed E-state index contributed by atoms with van der Waals surface area (Å²) >= 11 is 5.94. The van der Waals surface area contributed by atoms with Gasteiger partial charge in [0.05, 0.1) is 11.5 Å². The molecule has 8 heteroatoms. The van der Waals surface area contributed by atoms with Gasteiger partial charge in [-0.15, -0.1) is 24.0 Å². The van der Waals surface area contributed by atoms with E-state index in [0.717, 1.165) is 5.57 Å². The van der Waals surface area contributed by atoms with Crippen molar-refractivity contribution in [2.45, 2.75) is 13.5 Å². The molecule has 0 unspecified atom stereocenters. The molecule has 0 radical (unpaired) electrons. The highest BCUT2D eigenvalue weighted by Gasteiger charge is 2.09. The second-order valence-electron chi connectivity index (χ2n) is 4.04. The molecule has 0 spiro atoms. The number of nitrogens with two attached hydrogens (primary N) is 1. The second kappa shape index (κ2) is 8.75. The van der Waals surface area contributed by atoms with Gasteiger partial charge < -0.3 is 11.1 Å². The van der Waals surface area contributed by atoms with E-state index in [2.05, 4.69) is 16.9 Å². The van der Waals surface area contributed by atoms with Crippen molar-refractivity contribution in [3.05, 3.63) is 51.1 Å². The fraction of sp³-hybridized carbons (Fsp3) is 0.250. The summed E-state index contributed by atoms with van der Waals surface area (Å²) in [6, 6.07) is 4.21. The molecule has 0 fully saturated rings. The maximum atomic E-state index is 10.7. The highest BCUT2D eigenvalue weighted by Crippen LogP contribution is 2.22. The van der Waals surface area contributed by atoms with Crippen LogP contribution in [0, 0.1) is 10.1 Å². The van der Waals surface area contributed by atoms with Crippen LogP contribution >= 0.6 is 35.6 Å². The van der Waals surface area contributed by atoms with Crippen molar-refractivity contribution in [1.82, 2.24) is 5.32 Å². The summed E-state index contributed by atoms with van der Waals surface area (Å²) in [5, 5.41) is 13.9. The third kappa shape index (κ3) is 6.20. The van der Waals surface area contributed by atoms with Crippen LogP contribution in [0.2, 0.25) is 5.02 Å². The molecule has 3 N–H and O–H groups in total. The Balaban J connectivity index is 0.00000361. The molecule has 0 heterocycles. The highest BCUT2D eigenvalue weighted by atomic mass is 127. The van der Waals surface area contributed by atoms with Gasteiger partial charge in [-0.05, 0) is 18.6 Å². The fourth-order valence-corrected chi connectivity index (χ4v) is 1.44. The second-order valence-corrected chi connectivity index (χ2v) is 4.45. The Morgan fingerprint density at radius 2 is 2.25 bits per heavy atom. The van der Waals surface area contributed by atoms with Gasteiger partial charge in [0, 0.05) is 23.7 Å². The van der Waals surface area contributed by atoms with E-state index < -0.39 is 4.92 Å². The van der Waals surface area contributed by atoms with Crippen molar-refractivity contribution in [2.75, 3.05) is 6.54 Å². The largest absolute Gasteiger partial charge is 0.370 e. The van der Waals surface area contributed by atoms with Crippen LogP contribution < -0.4 is 11.1 Å². The first-order valence-electron chi connectivity index (χ1n) is 5.51. The Bertz CT molecular complexity index is 534. The van der Waals surface area contributed by atoms with Gasteiger partial charge >= 0.3 is 0 Å². The topological polar surface area (TPSA) is 93.5 Å². The van der Waals surface area contributed by atoms with Crippen LogP contribution in [0.3, 0.4) is 0 Å². The van der Waals surface area contributed by atoms with Gasteiger partial charge in [0.1, 0.15) is 0 Å². The third-order valence-corrected chi connectivity index (χ3v) is 2.60. The molecule has 0 aliphatic heterocycles. The molecule has 110 valence electrons. The third-order valence-electron chi connectivity index (χ3n) is 2.23. The molecule has 0 saturated carbocycles. The van der Waals surface area contributed by atoms with Crippen LogP contribution in [0.5, 0.6) is 0 Å². The summed E-state index contributed by atoms with van der Waals surface area (Å²) in [7, 11) is 0. The van der Waals surface area contributed by atoms with Gasteiger partial charge in [0.2, 0.25) is 0 Å². The first kappa shape index (κ1) is 18.7. The maximum absolute atomic E-state index is 10.7. The number of nitrogens with one attached hydrogen (secondary N) is 1. The van der Waals surface area contributed by atoms with E-state index in [4.69, 9.17) is 17.3 Å². The van der Waals surface area contributed by atoms with Gasteiger partial charge in [-0.2, -0.15) is 0 Å². The lowest BCUT2D eigenvalue weighted by Gasteiger charge is -2.05. The SMILES string of the molecule is C=C(C)CNC(N)=NCc1cc([N+](=O)[O-])ccc1Cl.I. The Kier molecular flexibility index (Phi) is 8.16. The molecular weight excluding hydrogens is 395 g/mol. The first-order chi connectivity index (χ1) is 8.90. The number of rotatable bonds is 5. The van der Waals surface area contributed by atoms with Gasteiger partial charge in [0.25, 0.3) is 5.69 Å². The summed E-state index contributed by atoms with van der Waals surface area (Å²) < 4.78 is 0. The van der Waals surface area contributed by atoms with Crippen LogP contribution in [0.25, 0.3) is 0 Å². The molecule has 1 aromatic rings. The summed E-state index contributed by atoms with van der Waals surface area (Å²) in [4.78, 5) is 14.2. The fourth-order valence-electron chi connectivity index (χ4n) is 1.26. The number of non-ortho nitro benzene ring substituents is 1. The Hall–Kier alpha value is -1.35. The molecule has 0 aromatic heterocycles. The first-order valence-corrected chi connectivity index (χ1v) is 5.89. The maximum Gasteiger partial charge on any atom is 0.269 e. The number of nitro groups is 1. The monoisotopic (exact) mass is 410 g/mol. The summed E-state index contributed by atoms with van der Waals surface area (Å²) in [6.07, 6.45) is 0. The van der Waals surface area contributed by atoms with Crippen molar-refractivity contribution in [3.63, 3.8) is 0 Å². The standard InChI is InChI=1S/C12H15ClN4O2.HI/c1-8(2)6-15-12(14)16-7-9-5-10(17(18)19)3-4-11(9)13;/h3-5H,1,6-7H2,2H3,(H3,14,15,16);1H. The number of guanidine groups is 1. The van der Waals surface area contributed by atoms with Crippen molar-refractivity contribution in [3.8, 4) is 0 Å². The Labute approximate surface area is 139 Å². The van der Waals surface area contributed by atoms with E-state index in [-0.39, 0.29) is 42.2 Å². The van der Waals surface area contributed by atoms with E-state index >= 15 is 0 Å². The number of hydrogen-bond acceptors (Lipinski definition) is 3. The molecule has 20 heavy (non-hydrogen) atoms. The zero-order chi connectivity index (χ0) is 14.4. The van der Waals surface area contributed by atoms with Crippen LogP contribution in [-0.4, -0.2) is 17.4 Å². The molecule has 1 rings (SSSR count). The van der Waals surface area contributed by atoms with E-state index in [1.54, 1.807) is 0 Å². The predicted octanol–water partition coefficient (Wildman–Crippen LogP) is 2.85. The van der Waals surface area contributed by atoms with Gasteiger partial charge in [-0.3, -0.25) is 10.1 Å². The minimum atomic E-state index is -0.480. The smallest absolute Gasteiger partial charge is 0.269 e. The van der Waals surface area contributed by atoms with E-state index in [1.165, 1.54) is 18.2 Å². The summed E-state index contributed by atoms with van der Waals surface area (Å²) in [6.45, 7) is 6.28. The Morgan fingerprint density at radius 1 is 1.60 bits per heavy atom. The number of nitrogens with zero attached hydrogens (tertiary/aromatic N) is 2. The van der Waals surface area contributed by atoms with Crippen LogP contribution in [0.15, 0.2) is 35.3 Å². The number of hydrogen-bond donors (Lipinski definition) is 2. The molecule has 0 bridgehead atoms. The lowest BCUT2D eigenvalue weighted by molar-refractivity contribution is -0.384. The average molecular weight is 411 g/mol. The van der Waals surface area contributed by atoms with Crippen molar-refractivity contribution in [2.24, 2.45) is 10.7 Å². The molecule has 0 aliphatic carbocycles. The average Bonchev–Trinajstić information content (AvgIpc) is 2.35. The normalized spacial score (nSPS) is 10.6. The lowest BCUT2D eigenvalue weighted by Crippen LogP contribution is -2.32. The van der Waals surface area contributed by atoms with Crippen LogP contribution in [0.4, 0.5) is 5.69 Å². The highest BCUT2D eigenvalue weighted by molar-refractivity contribution is 14.0. The number of nitro benzene ring substituents is 1. The Morgan fingerprint density at radius 3 is 2.80 bits per heavy atom. The van der Waals surface area contributed by atoms with Crippen molar-refractivity contribution >= 4 is 47.2 Å². The van der Waals surface area contributed by atoms with E-state index in [1.807, 2.05) is 6.92 Å². The van der Waals surface area contributed by atoms with E-state index in [9.17, 15) is 10.1 Å². The lowest BCUT2D eigenvalue weighted by atomic mass is 10.2. The van der Waals surface area contributed by atoms with Crippen LogP contribution in [-0.2, 0) is 6.54 Å². The zero-order valence-corrected chi connectivity index (χ0v) is 14.0. The minimum absolute atomic E-state index is 0. The summed E-state index contributed by atoms with van der Waals surface area (Å²) in [5.74, 6) is 0.241. The molecular formula is C12H16ClIN4O2. The number of halogens is 2. The van der Waals surface area contributed by atoms with Crippen molar-refractivity contribution < 1.29 is 4.92 Å². The predicted molar refractivity (Wildman–Crippen MR) is 91.7 cm³/mol. The number of benzene rings is 1. The molecule has 0 saturated heterocycles. The minimum Gasteiger partial charge on any atom is -0.370 e. The quantitative estimate of drug-likeness (QED) is 0.195. The molecule has 0 aliphatic rings. The molecule has 0 atom stereocenters. The summed E-state index contributed by atoms with van der Waals surface area (Å²) in [5.41, 5.74) is 7.09. The number of aliphatic imine (C=N–C) groups is 1. The zero-order valence-electron chi connectivity index (χ0n) is 10.9. The van der Waals surface area contributed by atoms with Gasteiger partial charge in [-0.25, -0.2) is 4.99 Å². The van der Waals surface area contributed by atoms with E-state index in [0.29, 0.717) is 17.1 Å². The molecule has 1 aromatic carbocycles.